The maximum absolute atomic E-state index is 9.56. The van der Waals surface area contributed by atoms with Crippen molar-refractivity contribution in [3.05, 3.63) is 82.6 Å². The standard InChI is InChI=1S/C24H20N2O/c1-18-14-23(27)12-11-20(18)9-10-21-8-7-19(16-25)15-24(21)22-6-4-2-3-5-13-26-17-22/h4,6-8,11-15,17,27H,2-3,5H2,1H3/b6-4+,22-17+,26-13?. The van der Waals surface area contributed by atoms with Crippen molar-refractivity contribution in [3.63, 3.8) is 0 Å². The van der Waals surface area contributed by atoms with E-state index in [1.807, 2.05) is 37.5 Å². The van der Waals surface area contributed by atoms with Gasteiger partial charge in [0.25, 0.3) is 0 Å². The van der Waals surface area contributed by atoms with E-state index < -0.39 is 0 Å². The largest absolute Gasteiger partial charge is 0.508 e. The van der Waals surface area contributed by atoms with Crippen LogP contribution in [0.25, 0.3) is 5.57 Å². The Morgan fingerprint density at radius 3 is 2.67 bits per heavy atom. The Hall–Kier alpha value is -3.56. The van der Waals surface area contributed by atoms with E-state index in [-0.39, 0.29) is 5.75 Å². The first kappa shape index (κ1) is 18.2. The van der Waals surface area contributed by atoms with Crippen LogP contribution in [0.4, 0.5) is 0 Å². The maximum atomic E-state index is 9.56. The van der Waals surface area contributed by atoms with Crippen molar-refractivity contribution in [3.8, 4) is 23.7 Å². The molecule has 27 heavy (non-hydrogen) atoms. The maximum Gasteiger partial charge on any atom is 0.115 e. The van der Waals surface area contributed by atoms with Crippen molar-refractivity contribution in [2.75, 3.05) is 0 Å². The molecule has 3 rings (SSSR count). The summed E-state index contributed by atoms with van der Waals surface area (Å²) < 4.78 is 0. The number of hydrogen-bond acceptors (Lipinski definition) is 3. The lowest BCUT2D eigenvalue weighted by molar-refractivity contribution is 0.475. The molecule has 2 aromatic carbocycles. The van der Waals surface area contributed by atoms with E-state index in [0.717, 1.165) is 47.1 Å². The lowest BCUT2D eigenvalue weighted by Crippen LogP contribution is -1.91. The van der Waals surface area contributed by atoms with Crippen LogP contribution in [0.3, 0.4) is 0 Å². The molecular weight excluding hydrogens is 332 g/mol. The van der Waals surface area contributed by atoms with Gasteiger partial charge in [-0.25, -0.2) is 0 Å². The van der Waals surface area contributed by atoms with Gasteiger partial charge < -0.3 is 5.11 Å². The zero-order valence-corrected chi connectivity index (χ0v) is 15.2. The van der Waals surface area contributed by atoms with Crippen molar-refractivity contribution < 1.29 is 5.11 Å². The Kier molecular flexibility index (Phi) is 5.87. The second-order valence-corrected chi connectivity index (χ2v) is 6.37. The van der Waals surface area contributed by atoms with Crippen LogP contribution in [-0.4, -0.2) is 11.3 Å². The average molecular weight is 352 g/mol. The van der Waals surface area contributed by atoms with E-state index in [1.54, 1.807) is 18.2 Å². The summed E-state index contributed by atoms with van der Waals surface area (Å²) in [5.41, 5.74) is 5.05. The van der Waals surface area contributed by atoms with Crippen molar-refractivity contribution in [2.45, 2.75) is 26.2 Å². The van der Waals surface area contributed by atoms with Gasteiger partial charge in [0, 0.05) is 34.7 Å². The molecule has 132 valence electrons. The predicted molar refractivity (Wildman–Crippen MR) is 109 cm³/mol. The highest BCUT2D eigenvalue weighted by Gasteiger charge is 2.07. The Bertz CT molecular complexity index is 1040. The predicted octanol–water partition coefficient (Wildman–Crippen LogP) is 5.12. The van der Waals surface area contributed by atoms with Crippen LogP contribution in [0.2, 0.25) is 0 Å². The summed E-state index contributed by atoms with van der Waals surface area (Å²) in [5, 5.41) is 18.9. The summed E-state index contributed by atoms with van der Waals surface area (Å²) >= 11 is 0. The van der Waals surface area contributed by atoms with Crippen LogP contribution in [0, 0.1) is 30.1 Å². The summed E-state index contributed by atoms with van der Waals surface area (Å²) in [6.45, 7) is 1.92. The zero-order chi connectivity index (χ0) is 19.1. The first-order valence-corrected chi connectivity index (χ1v) is 8.92. The molecule has 1 aliphatic rings. The first-order chi connectivity index (χ1) is 13.2. The van der Waals surface area contributed by atoms with Gasteiger partial charge in [-0.15, -0.1) is 0 Å². The van der Waals surface area contributed by atoms with E-state index in [1.165, 1.54) is 0 Å². The molecular formula is C24H20N2O. The summed E-state index contributed by atoms with van der Waals surface area (Å²) in [6, 6.07) is 12.9. The number of aryl methyl sites for hydroxylation is 1. The smallest absolute Gasteiger partial charge is 0.115 e. The molecule has 0 spiro atoms. The first-order valence-electron chi connectivity index (χ1n) is 8.92. The minimum Gasteiger partial charge on any atom is -0.508 e. The number of nitrogens with zero attached hydrogens (tertiary/aromatic N) is 2. The molecule has 2 aromatic rings. The Morgan fingerprint density at radius 1 is 1.04 bits per heavy atom. The second-order valence-electron chi connectivity index (χ2n) is 6.37. The molecule has 1 N–H and O–H groups in total. The molecule has 0 atom stereocenters. The number of benzene rings is 2. The van der Waals surface area contributed by atoms with E-state index in [2.05, 4.69) is 35.1 Å². The highest BCUT2D eigenvalue weighted by atomic mass is 16.3. The fourth-order valence-electron chi connectivity index (χ4n) is 2.83. The van der Waals surface area contributed by atoms with E-state index in [9.17, 15) is 10.4 Å². The third kappa shape index (κ3) is 4.75. The quantitative estimate of drug-likeness (QED) is 0.724. The van der Waals surface area contributed by atoms with Gasteiger partial charge in [-0.05, 0) is 68.1 Å². The van der Waals surface area contributed by atoms with Crippen LogP contribution < -0.4 is 0 Å². The third-order valence-corrected chi connectivity index (χ3v) is 4.32. The van der Waals surface area contributed by atoms with Gasteiger partial charge in [-0.1, -0.05) is 24.0 Å². The number of hydrogen-bond donors (Lipinski definition) is 1. The molecule has 0 aliphatic carbocycles. The monoisotopic (exact) mass is 352 g/mol. The molecule has 0 saturated carbocycles. The molecule has 3 heteroatoms. The van der Waals surface area contributed by atoms with Crippen LogP contribution >= 0.6 is 0 Å². The summed E-state index contributed by atoms with van der Waals surface area (Å²) in [6.07, 6.45) is 11.0. The normalized spacial score (nSPS) is 16.5. The number of phenolic OH excluding ortho intramolecular Hbond substituents is 1. The lowest BCUT2D eigenvalue weighted by atomic mass is 9.97. The molecule has 1 aliphatic heterocycles. The Balaban J connectivity index is 2.08. The molecule has 0 radical (unpaired) electrons. The summed E-state index contributed by atoms with van der Waals surface area (Å²) in [5.74, 6) is 6.63. The molecule has 0 amide bonds. The fourth-order valence-corrected chi connectivity index (χ4v) is 2.83. The van der Waals surface area contributed by atoms with Crippen LogP contribution in [0.1, 0.15) is 47.1 Å². The SMILES string of the molecule is Cc1cc(O)ccc1C#Cc1ccc(C#N)cc1C1=C/N=CCCC\C=C\1. The molecule has 0 bridgehead atoms. The van der Waals surface area contributed by atoms with Crippen molar-refractivity contribution in [1.29, 1.82) is 5.26 Å². The van der Waals surface area contributed by atoms with E-state index in [4.69, 9.17) is 0 Å². The van der Waals surface area contributed by atoms with Gasteiger partial charge in [0.05, 0.1) is 11.6 Å². The number of allylic oxidation sites excluding steroid dienone is 3. The number of nitriles is 1. The minimum absolute atomic E-state index is 0.232. The van der Waals surface area contributed by atoms with Crippen molar-refractivity contribution in [2.24, 2.45) is 4.99 Å². The highest BCUT2D eigenvalue weighted by molar-refractivity contribution is 5.80. The highest BCUT2D eigenvalue weighted by Crippen LogP contribution is 2.23. The fraction of sp³-hybridized carbons (Fsp3) is 0.167. The summed E-state index contributed by atoms with van der Waals surface area (Å²) in [7, 11) is 0. The van der Waals surface area contributed by atoms with Crippen molar-refractivity contribution in [1.82, 2.24) is 0 Å². The molecule has 0 unspecified atom stereocenters. The van der Waals surface area contributed by atoms with Crippen molar-refractivity contribution >= 4 is 11.8 Å². The van der Waals surface area contributed by atoms with Gasteiger partial charge in [-0.2, -0.15) is 5.26 Å². The van der Waals surface area contributed by atoms with Gasteiger partial charge in [0.1, 0.15) is 5.75 Å². The third-order valence-electron chi connectivity index (χ3n) is 4.32. The molecule has 0 saturated heterocycles. The minimum atomic E-state index is 0.232. The lowest BCUT2D eigenvalue weighted by Gasteiger charge is -2.06. The topological polar surface area (TPSA) is 56.4 Å². The molecule has 1 heterocycles. The van der Waals surface area contributed by atoms with Gasteiger partial charge in [0.2, 0.25) is 0 Å². The second kappa shape index (κ2) is 8.70. The van der Waals surface area contributed by atoms with Crippen LogP contribution in [0.5, 0.6) is 5.75 Å². The number of aromatic hydroxyl groups is 1. The Morgan fingerprint density at radius 2 is 1.85 bits per heavy atom. The average Bonchev–Trinajstić information content (AvgIpc) is 2.81. The van der Waals surface area contributed by atoms with E-state index >= 15 is 0 Å². The van der Waals surface area contributed by atoms with E-state index in [0.29, 0.717) is 5.56 Å². The molecule has 0 fully saturated rings. The number of aliphatic imine (C=N–C) groups is 1. The van der Waals surface area contributed by atoms with Gasteiger partial charge in [0.15, 0.2) is 0 Å². The molecule has 0 aromatic heterocycles. The van der Waals surface area contributed by atoms with Crippen LogP contribution in [0.15, 0.2) is 59.7 Å². The van der Waals surface area contributed by atoms with Crippen LogP contribution in [-0.2, 0) is 0 Å². The van der Waals surface area contributed by atoms with Gasteiger partial charge >= 0.3 is 0 Å². The zero-order valence-electron chi connectivity index (χ0n) is 15.2. The molecule has 3 nitrogen and oxygen atoms in total. The number of rotatable bonds is 1. The number of phenols is 1. The summed E-state index contributed by atoms with van der Waals surface area (Å²) in [4.78, 5) is 4.39. The Labute approximate surface area is 160 Å². The van der Waals surface area contributed by atoms with Gasteiger partial charge in [-0.3, -0.25) is 4.99 Å².